The molecule has 0 aliphatic rings. The van der Waals surface area contributed by atoms with Crippen molar-refractivity contribution in [2.75, 3.05) is 38.3 Å². The van der Waals surface area contributed by atoms with Crippen LogP contribution in [0, 0.1) is 0 Å². The van der Waals surface area contributed by atoms with Crippen LogP contribution in [0.15, 0.2) is 24.3 Å². The zero-order valence-corrected chi connectivity index (χ0v) is 12.2. The first-order valence-corrected chi connectivity index (χ1v) is 7.64. The highest BCUT2D eigenvalue weighted by atomic mass is 32.2. The van der Waals surface area contributed by atoms with Gasteiger partial charge in [0.05, 0.1) is 13.2 Å². The van der Waals surface area contributed by atoms with Crippen LogP contribution in [0.25, 0.3) is 0 Å². The second-order valence-electron chi connectivity index (χ2n) is 4.19. The van der Waals surface area contributed by atoms with Gasteiger partial charge in [0.15, 0.2) is 0 Å². The number of benzene rings is 1. The predicted octanol–water partition coefficient (Wildman–Crippen LogP) is 1.43. The summed E-state index contributed by atoms with van der Waals surface area (Å²) in [5.41, 5.74) is 0.861. The van der Waals surface area contributed by atoms with Crippen LogP contribution in [0.4, 0.5) is 0 Å². The highest BCUT2D eigenvalue weighted by Gasteiger charge is 2.07. The Morgan fingerprint density at radius 1 is 1.37 bits per heavy atom. The zero-order valence-electron chi connectivity index (χ0n) is 11.3. The summed E-state index contributed by atoms with van der Waals surface area (Å²) >= 11 is 1.81. The maximum absolute atomic E-state index is 10.0. The van der Waals surface area contributed by atoms with E-state index in [1.54, 1.807) is 7.11 Å². The van der Waals surface area contributed by atoms with Crippen molar-refractivity contribution < 1.29 is 14.9 Å². The molecule has 0 heterocycles. The lowest BCUT2D eigenvalue weighted by atomic mass is 10.1. The van der Waals surface area contributed by atoms with Gasteiger partial charge in [-0.15, -0.1) is 0 Å². The first-order valence-electron chi connectivity index (χ1n) is 6.49. The number of thioether (sulfide) groups is 1. The Morgan fingerprint density at radius 2 is 2.21 bits per heavy atom. The van der Waals surface area contributed by atoms with Gasteiger partial charge in [-0.2, -0.15) is 11.8 Å². The number of aliphatic hydroxyl groups is 2. The summed E-state index contributed by atoms with van der Waals surface area (Å²) < 4.78 is 5.13. The summed E-state index contributed by atoms with van der Waals surface area (Å²) in [6, 6.07) is 7.48. The minimum Gasteiger partial charge on any atom is -0.497 e. The predicted molar refractivity (Wildman–Crippen MR) is 79.9 cm³/mol. The van der Waals surface area contributed by atoms with Gasteiger partial charge in [-0.05, 0) is 29.9 Å². The van der Waals surface area contributed by atoms with Crippen LogP contribution in [0.3, 0.4) is 0 Å². The normalized spacial score (nSPS) is 12.4. The van der Waals surface area contributed by atoms with E-state index in [2.05, 4.69) is 5.32 Å². The lowest BCUT2D eigenvalue weighted by molar-refractivity contribution is 0.175. The van der Waals surface area contributed by atoms with E-state index in [1.165, 1.54) is 0 Å². The molecule has 0 radical (unpaired) electrons. The third-order valence-corrected chi connectivity index (χ3v) is 3.76. The Hall–Kier alpha value is -0.750. The Bertz CT molecular complexity index is 349. The monoisotopic (exact) mass is 285 g/mol. The highest BCUT2D eigenvalue weighted by Crippen LogP contribution is 2.18. The molecule has 19 heavy (non-hydrogen) atoms. The SMILES string of the molecule is COc1cccc(C(O)CNCCSCCCO)c1. The molecular formula is C14H23NO3S. The molecule has 5 heteroatoms. The smallest absolute Gasteiger partial charge is 0.119 e. The Kier molecular flexibility index (Phi) is 8.66. The summed E-state index contributed by atoms with van der Waals surface area (Å²) in [4.78, 5) is 0. The second kappa shape index (κ2) is 10.1. The maximum Gasteiger partial charge on any atom is 0.119 e. The van der Waals surface area contributed by atoms with Gasteiger partial charge in [-0.3, -0.25) is 0 Å². The van der Waals surface area contributed by atoms with Crippen molar-refractivity contribution >= 4 is 11.8 Å². The number of nitrogens with one attached hydrogen (secondary N) is 1. The molecule has 0 bridgehead atoms. The standard InChI is InChI=1S/C14H23NO3S/c1-18-13-5-2-4-12(10-13)14(17)11-15-6-9-19-8-3-7-16/h2,4-5,10,14-17H,3,6-9,11H2,1H3. The van der Waals surface area contributed by atoms with Crippen molar-refractivity contribution in [3.8, 4) is 5.75 Å². The first-order chi connectivity index (χ1) is 9.27. The molecule has 1 rings (SSSR count). The number of ether oxygens (including phenoxy) is 1. The zero-order chi connectivity index (χ0) is 13.9. The quantitative estimate of drug-likeness (QED) is 0.568. The molecule has 0 saturated heterocycles. The molecule has 0 aromatic heterocycles. The van der Waals surface area contributed by atoms with E-state index in [-0.39, 0.29) is 6.61 Å². The molecule has 108 valence electrons. The van der Waals surface area contributed by atoms with Crippen molar-refractivity contribution in [3.63, 3.8) is 0 Å². The van der Waals surface area contributed by atoms with Crippen LogP contribution >= 0.6 is 11.8 Å². The fourth-order valence-corrected chi connectivity index (χ4v) is 2.44. The minimum atomic E-state index is -0.516. The lowest BCUT2D eigenvalue weighted by Crippen LogP contribution is -2.23. The molecule has 3 N–H and O–H groups in total. The summed E-state index contributed by atoms with van der Waals surface area (Å²) in [6.45, 7) is 1.65. The number of methoxy groups -OCH3 is 1. The average Bonchev–Trinajstić information content (AvgIpc) is 2.46. The van der Waals surface area contributed by atoms with Crippen molar-refractivity contribution in [3.05, 3.63) is 29.8 Å². The number of aliphatic hydroxyl groups excluding tert-OH is 2. The fraction of sp³-hybridized carbons (Fsp3) is 0.571. The summed E-state index contributed by atoms with van der Waals surface area (Å²) in [7, 11) is 1.62. The molecule has 0 aliphatic carbocycles. The summed E-state index contributed by atoms with van der Waals surface area (Å²) in [6.07, 6.45) is 0.328. The molecule has 4 nitrogen and oxygen atoms in total. The molecule has 0 fully saturated rings. The highest BCUT2D eigenvalue weighted by molar-refractivity contribution is 7.99. The van der Waals surface area contributed by atoms with Crippen molar-refractivity contribution in [1.29, 1.82) is 0 Å². The fourth-order valence-electron chi connectivity index (χ4n) is 1.62. The molecule has 1 aromatic carbocycles. The molecule has 1 atom stereocenters. The van der Waals surface area contributed by atoms with Crippen LogP contribution in [-0.4, -0.2) is 48.5 Å². The Morgan fingerprint density at radius 3 is 2.95 bits per heavy atom. The van der Waals surface area contributed by atoms with Crippen LogP contribution < -0.4 is 10.1 Å². The number of hydrogen-bond donors (Lipinski definition) is 3. The van der Waals surface area contributed by atoms with E-state index >= 15 is 0 Å². The minimum absolute atomic E-state index is 0.259. The Labute approximate surface area is 119 Å². The first kappa shape index (κ1) is 16.3. The van der Waals surface area contributed by atoms with Gasteiger partial charge >= 0.3 is 0 Å². The van der Waals surface area contributed by atoms with Crippen molar-refractivity contribution in [2.45, 2.75) is 12.5 Å². The third-order valence-electron chi connectivity index (χ3n) is 2.69. The molecule has 0 aliphatic heterocycles. The average molecular weight is 285 g/mol. The van der Waals surface area contributed by atoms with E-state index < -0.39 is 6.10 Å². The van der Waals surface area contributed by atoms with Crippen LogP contribution in [0.5, 0.6) is 5.75 Å². The molecule has 1 unspecified atom stereocenters. The largest absolute Gasteiger partial charge is 0.497 e. The van der Waals surface area contributed by atoms with Crippen LogP contribution in [-0.2, 0) is 0 Å². The lowest BCUT2D eigenvalue weighted by Gasteiger charge is -2.13. The third kappa shape index (κ3) is 6.82. The second-order valence-corrected chi connectivity index (χ2v) is 5.41. The van der Waals surface area contributed by atoms with Gasteiger partial charge in [-0.25, -0.2) is 0 Å². The van der Waals surface area contributed by atoms with Crippen LogP contribution in [0.2, 0.25) is 0 Å². The van der Waals surface area contributed by atoms with E-state index in [1.807, 2.05) is 36.0 Å². The number of rotatable bonds is 10. The van der Waals surface area contributed by atoms with Gasteiger partial charge in [0.25, 0.3) is 0 Å². The van der Waals surface area contributed by atoms with Crippen molar-refractivity contribution in [2.24, 2.45) is 0 Å². The van der Waals surface area contributed by atoms with Gasteiger partial charge in [0.2, 0.25) is 0 Å². The van der Waals surface area contributed by atoms with E-state index in [9.17, 15) is 5.11 Å². The topological polar surface area (TPSA) is 61.7 Å². The summed E-state index contributed by atoms with van der Waals surface area (Å²) in [5.74, 6) is 2.73. The molecule has 0 spiro atoms. The molecular weight excluding hydrogens is 262 g/mol. The van der Waals surface area contributed by atoms with E-state index in [4.69, 9.17) is 9.84 Å². The maximum atomic E-state index is 10.0. The van der Waals surface area contributed by atoms with Gasteiger partial charge in [0, 0.05) is 25.4 Å². The van der Waals surface area contributed by atoms with Gasteiger partial charge in [0.1, 0.15) is 5.75 Å². The summed E-state index contributed by atoms with van der Waals surface area (Å²) in [5, 5.41) is 21.9. The van der Waals surface area contributed by atoms with E-state index in [0.29, 0.717) is 6.54 Å². The van der Waals surface area contributed by atoms with Crippen molar-refractivity contribution in [1.82, 2.24) is 5.32 Å². The van der Waals surface area contributed by atoms with Crippen LogP contribution in [0.1, 0.15) is 18.1 Å². The van der Waals surface area contributed by atoms with Gasteiger partial charge < -0.3 is 20.3 Å². The van der Waals surface area contributed by atoms with E-state index in [0.717, 1.165) is 35.8 Å². The molecule has 0 amide bonds. The number of hydrogen-bond acceptors (Lipinski definition) is 5. The molecule has 0 saturated carbocycles. The molecule has 1 aromatic rings. The Balaban J connectivity index is 2.18. The van der Waals surface area contributed by atoms with Gasteiger partial charge in [-0.1, -0.05) is 12.1 Å².